The van der Waals surface area contributed by atoms with Gasteiger partial charge in [-0.05, 0) is 35.6 Å². The monoisotopic (exact) mass is 381 g/mol. The van der Waals surface area contributed by atoms with Crippen LogP contribution >= 0.6 is 0 Å². The normalized spacial score (nSPS) is 12.5. The molecule has 1 N–H and O–H groups in total. The molecule has 0 radical (unpaired) electrons. The molecule has 1 amide bonds. The van der Waals surface area contributed by atoms with Crippen LogP contribution in [0.25, 0.3) is 10.4 Å². The lowest BCUT2D eigenvalue weighted by Gasteiger charge is -2.24. The second-order valence-corrected chi connectivity index (χ2v) is 6.65. The highest BCUT2D eigenvalue weighted by Crippen LogP contribution is 2.17. The maximum absolute atomic E-state index is 12.8. The molecular weight excluding hydrogens is 358 g/mol. The molecule has 0 spiro atoms. The van der Waals surface area contributed by atoms with Crippen molar-refractivity contribution in [3.63, 3.8) is 0 Å². The summed E-state index contributed by atoms with van der Waals surface area (Å²) in [5.74, 6) is -1.14. The van der Waals surface area contributed by atoms with Crippen LogP contribution in [-0.4, -0.2) is 29.0 Å². The van der Waals surface area contributed by atoms with Crippen molar-refractivity contribution in [2.75, 3.05) is 0 Å². The average Bonchev–Trinajstić information content (AvgIpc) is 2.71. The molecule has 1 aromatic heterocycles. The molecule has 0 fully saturated rings. The molecule has 0 saturated heterocycles. The predicted molar refractivity (Wildman–Crippen MR) is 104 cm³/mol. The summed E-state index contributed by atoms with van der Waals surface area (Å²) in [5.41, 5.74) is 9.89. The Bertz CT molecular complexity index is 820. The highest BCUT2D eigenvalue weighted by Gasteiger charge is 2.32. The number of amides is 1. The molecule has 0 saturated carbocycles. The van der Waals surface area contributed by atoms with Crippen molar-refractivity contribution >= 4 is 11.9 Å². The number of benzene rings is 1. The second-order valence-electron chi connectivity index (χ2n) is 6.65. The maximum atomic E-state index is 12.8. The quantitative estimate of drug-likeness (QED) is 0.309. The third-order valence-corrected chi connectivity index (χ3v) is 3.94. The molecule has 2 aromatic rings. The van der Waals surface area contributed by atoms with E-state index in [1.165, 1.54) is 12.3 Å². The molecule has 0 aliphatic heterocycles. The van der Waals surface area contributed by atoms with Gasteiger partial charge in [0.05, 0.1) is 6.04 Å². The van der Waals surface area contributed by atoms with Gasteiger partial charge in [0.2, 0.25) is 0 Å². The van der Waals surface area contributed by atoms with Gasteiger partial charge in [0.25, 0.3) is 5.91 Å². The van der Waals surface area contributed by atoms with Crippen molar-refractivity contribution in [2.45, 2.75) is 39.0 Å². The lowest BCUT2D eigenvalue weighted by Crippen LogP contribution is -2.44. The number of aromatic nitrogens is 1. The van der Waals surface area contributed by atoms with Crippen molar-refractivity contribution in [1.29, 1.82) is 0 Å². The fourth-order valence-electron chi connectivity index (χ4n) is 2.63. The maximum Gasteiger partial charge on any atom is 0.357 e. The summed E-state index contributed by atoms with van der Waals surface area (Å²) in [6, 6.07) is 13.3. The first-order valence-corrected chi connectivity index (χ1v) is 8.99. The summed E-state index contributed by atoms with van der Waals surface area (Å²) in [5, 5.41) is 6.46. The Labute approximate surface area is 163 Å². The van der Waals surface area contributed by atoms with E-state index < -0.39 is 24.0 Å². The van der Waals surface area contributed by atoms with Crippen molar-refractivity contribution in [3.8, 4) is 0 Å². The highest BCUT2D eigenvalue weighted by molar-refractivity contribution is 5.91. The van der Waals surface area contributed by atoms with E-state index in [4.69, 9.17) is 10.3 Å². The minimum Gasteiger partial charge on any atom is -0.447 e. The van der Waals surface area contributed by atoms with E-state index in [-0.39, 0.29) is 18.2 Å². The Hall–Kier alpha value is -3.38. The van der Waals surface area contributed by atoms with Gasteiger partial charge in [-0.25, -0.2) is 9.78 Å². The van der Waals surface area contributed by atoms with Gasteiger partial charge in [-0.1, -0.05) is 55.4 Å². The van der Waals surface area contributed by atoms with Gasteiger partial charge in [0, 0.05) is 17.7 Å². The van der Waals surface area contributed by atoms with E-state index in [2.05, 4.69) is 20.3 Å². The Morgan fingerprint density at radius 1 is 1.18 bits per heavy atom. The van der Waals surface area contributed by atoms with Crippen LogP contribution in [0.2, 0.25) is 0 Å². The fraction of sp³-hybridized carbons (Fsp3) is 0.350. The lowest BCUT2D eigenvalue weighted by atomic mass is 9.99. The largest absolute Gasteiger partial charge is 0.447 e. The van der Waals surface area contributed by atoms with Crippen molar-refractivity contribution in [1.82, 2.24) is 10.3 Å². The Balaban J connectivity index is 2.19. The smallest absolute Gasteiger partial charge is 0.357 e. The number of rotatable bonds is 9. The summed E-state index contributed by atoms with van der Waals surface area (Å²) in [6.07, 6.45) is 0.597. The van der Waals surface area contributed by atoms with Crippen LogP contribution in [-0.2, 0) is 16.1 Å². The molecule has 28 heavy (non-hydrogen) atoms. The number of nitrogens with zero attached hydrogens (tertiary/aromatic N) is 4. The van der Waals surface area contributed by atoms with Crippen LogP contribution in [0.5, 0.6) is 0 Å². The lowest BCUT2D eigenvalue weighted by molar-refractivity contribution is -0.131. The van der Waals surface area contributed by atoms with Crippen LogP contribution in [0, 0.1) is 5.92 Å². The first kappa shape index (κ1) is 20.9. The van der Waals surface area contributed by atoms with Gasteiger partial charge >= 0.3 is 5.97 Å². The first-order chi connectivity index (χ1) is 13.5. The third kappa shape index (κ3) is 6.41. The molecule has 0 bridgehead atoms. The number of nitrogens with one attached hydrogen (secondary N) is 1. The van der Waals surface area contributed by atoms with Gasteiger partial charge in [-0.15, -0.1) is 0 Å². The van der Waals surface area contributed by atoms with Crippen LogP contribution in [0.4, 0.5) is 0 Å². The fourth-order valence-corrected chi connectivity index (χ4v) is 2.63. The van der Waals surface area contributed by atoms with Gasteiger partial charge in [0.15, 0.2) is 6.10 Å². The summed E-state index contributed by atoms with van der Waals surface area (Å²) in [7, 11) is 0. The standard InChI is InChI=1S/C20H23N5O3/c1-14(2)12-17(24-25-21)18(28-20(27)16-10-6-7-11-22-16)19(26)23-13-15-8-4-3-5-9-15/h3-11,14,17-18H,12-13H2,1-2H3,(H,23,26)/t17-,18?/m0/s1. The molecule has 1 aromatic carbocycles. The molecule has 1 heterocycles. The van der Waals surface area contributed by atoms with Gasteiger partial charge in [-0.3, -0.25) is 4.79 Å². The zero-order valence-corrected chi connectivity index (χ0v) is 15.9. The van der Waals surface area contributed by atoms with E-state index >= 15 is 0 Å². The molecule has 8 heteroatoms. The van der Waals surface area contributed by atoms with Crippen LogP contribution < -0.4 is 5.32 Å². The van der Waals surface area contributed by atoms with Crippen molar-refractivity contribution in [2.24, 2.45) is 11.0 Å². The molecule has 0 aliphatic rings. The summed E-state index contributed by atoms with van der Waals surface area (Å²) < 4.78 is 5.42. The Morgan fingerprint density at radius 2 is 1.89 bits per heavy atom. The van der Waals surface area contributed by atoms with Crippen LogP contribution in [0.3, 0.4) is 0 Å². The molecule has 8 nitrogen and oxygen atoms in total. The number of ether oxygens (including phenoxy) is 1. The van der Waals surface area contributed by atoms with E-state index in [1.807, 2.05) is 44.2 Å². The summed E-state index contributed by atoms with van der Waals surface area (Å²) in [4.78, 5) is 32.0. The summed E-state index contributed by atoms with van der Waals surface area (Å²) in [6.45, 7) is 4.13. The average molecular weight is 381 g/mol. The number of hydrogen-bond donors (Lipinski definition) is 1. The third-order valence-electron chi connectivity index (χ3n) is 3.94. The highest BCUT2D eigenvalue weighted by atomic mass is 16.5. The molecule has 1 unspecified atom stereocenters. The number of esters is 1. The van der Waals surface area contributed by atoms with Crippen molar-refractivity contribution < 1.29 is 14.3 Å². The van der Waals surface area contributed by atoms with E-state index in [0.717, 1.165) is 5.56 Å². The summed E-state index contributed by atoms with van der Waals surface area (Å²) >= 11 is 0. The molecule has 146 valence electrons. The van der Waals surface area contributed by atoms with Crippen LogP contribution in [0.1, 0.15) is 36.3 Å². The molecule has 0 aliphatic carbocycles. The van der Waals surface area contributed by atoms with E-state index in [1.54, 1.807) is 12.1 Å². The minimum atomic E-state index is -1.25. The van der Waals surface area contributed by atoms with Gasteiger partial charge < -0.3 is 10.1 Å². The zero-order chi connectivity index (χ0) is 20.4. The molecule has 2 atom stereocenters. The van der Waals surface area contributed by atoms with Crippen LogP contribution in [0.15, 0.2) is 59.8 Å². The number of azide groups is 1. The van der Waals surface area contributed by atoms with E-state index in [9.17, 15) is 9.59 Å². The number of pyridine rings is 1. The first-order valence-electron chi connectivity index (χ1n) is 8.99. The number of hydrogen-bond acceptors (Lipinski definition) is 5. The Kier molecular flexibility index (Phi) is 7.99. The Morgan fingerprint density at radius 3 is 2.50 bits per heavy atom. The molecule has 2 rings (SSSR count). The number of carbonyl (C=O) groups is 2. The van der Waals surface area contributed by atoms with Crippen molar-refractivity contribution in [3.05, 3.63) is 76.4 Å². The SMILES string of the molecule is CC(C)C[C@H](N=[N+]=[N-])C(OC(=O)c1ccccn1)C(=O)NCc1ccccc1. The van der Waals surface area contributed by atoms with E-state index in [0.29, 0.717) is 6.42 Å². The van der Waals surface area contributed by atoms with Gasteiger partial charge in [0.1, 0.15) is 5.69 Å². The van der Waals surface area contributed by atoms with Gasteiger partial charge in [-0.2, -0.15) is 0 Å². The number of carbonyl (C=O) groups excluding carboxylic acids is 2. The second kappa shape index (κ2) is 10.7. The topological polar surface area (TPSA) is 117 Å². The zero-order valence-electron chi connectivity index (χ0n) is 15.9. The minimum absolute atomic E-state index is 0.0765. The predicted octanol–water partition coefficient (Wildman–Crippen LogP) is 3.65. The molecular formula is C20H23N5O3.